The van der Waals surface area contributed by atoms with Gasteiger partial charge in [0.2, 0.25) is 5.91 Å². The number of aryl methyl sites for hydroxylation is 2. The summed E-state index contributed by atoms with van der Waals surface area (Å²) in [7, 11) is 3.12. The molecule has 0 saturated heterocycles. The first-order chi connectivity index (χ1) is 12.0. The van der Waals surface area contributed by atoms with Gasteiger partial charge in [-0.2, -0.15) is 5.26 Å². The van der Waals surface area contributed by atoms with Crippen molar-refractivity contribution in [2.45, 2.75) is 20.3 Å². The molecule has 0 aliphatic rings. The molecule has 0 aromatic heterocycles. The number of anilines is 1. The maximum atomic E-state index is 12.5. The Morgan fingerprint density at radius 1 is 1.12 bits per heavy atom. The first-order valence-electron chi connectivity index (χ1n) is 7.96. The van der Waals surface area contributed by atoms with E-state index in [1.54, 1.807) is 26.4 Å². The lowest BCUT2D eigenvalue weighted by Crippen LogP contribution is -2.23. The molecule has 0 bridgehead atoms. The number of methoxy groups -OCH3 is 2. The lowest BCUT2D eigenvalue weighted by atomic mass is 9.98. The van der Waals surface area contributed by atoms with E-state index < -0.39 is 5.92 Å². The molecule has 0 radical (unpaired) electrons. The predicted octanol–water partition coefficient (Wildman–Crippen LogP) is 3.64. The molecule has 5 heteroatoms. The molecule has 0 heterocycles. The van der Waals surface area contributed by atoms with E-state index in [2.05, 4.69) is 11.4 Å². The minimum Gasteiger partial charge on any atom is -0.497 e. The predicted molar refractivity (Wildman–Crippen MR) is 96.9 cm³/mol. The topological polar surface area (TPSA) is 71.3 Å². The highest BCUT2D eigenvalue weighted by molar-refractivity contribution is 5.94. The second-order valence-corrected chi connectivity index (χ2v) is 5.93. The number of benzene rings is 2. The number of hydrogen-bond acceptors (Lipinski definition) is 4. The molecule has 0 fully saturated rings. The molecule has 0 aliphatic heterocycles. The van der Waals surface area contributed by atoms with Crippen LogP contribution in [0.4, 0.5) is 5.69 Å². The van der Waals surface area contributed by atoms with Gasteiger partial charge in [-0.3, -0.25) is 4.79 Å². The van der Waals surface area contributed by atoms with Crippen molar-refractivity contribution in [2.24, 2.45) is 5.92 Å². The van der Waals surface area contributed by atoms with Crippen molar-refractivity contribution in [3.63, 3.8) is 0 Å². The van der Waals surface area contributed by atoms with Crippen LogP contribution >= 0.6 is 0 Å². The second-order valence-electron chi connectivity index (χ2n) is 5.93. The van der Waals surface area contributed by atoms with Gasteiger partial charge in [0.1, 0.15) is 17.4 Å². The van der Waals surface area contributed by atoms with Gasteiger partial charge < -0.3 is 14.8 Å². The van der Waals surface area contributed by atoms with E-state index in [1.807, 2.05) is 38.1 Å². The Bertz CT molecular complexity index is 789. The van der Waals surface area contributed by atoms with E-state index in [4.69, 9.17) is 9.47 Å². The molecule has 2 aromatic carbocycles. The Balaban J connectivity index is 2.17. The molecule has 1 amide bonds. The van der Waals surface area contributed by atoms with Crippen molar-refractivity contribution in [3.8, 4) is 17.6 Å². The lowest BCUT2D eigenvalue weighted by molar-refractivity contribution is -0.118. The molecule has 25 heavy (non-hydrogen) atoms. The Kier molecular flexibility index (Phi) is 6.02. The molecule has 0 aliphatic carbocycles. The monoisotopic (exact) mass is 338 g/mol. The van der Waals surface area contributed by atoms with Gasteiger partial charge in [-0.1, -0.05) is 12.1 Å². The number of rotatable bonds is 6. The molecular weight excluding hydrogens is 316 g/mol. The third-order valence-corrected chi connectivity index (χ3v) is 3.88. The Hall–Kier alpha value is -3.00. The lowest BCUT2D eigenvalue weighted by Gasteiger charge is -2.14. The van der Waals surface area contributed by atoms with Crippen LogP contribution in [0.25, 0.3) is 0 Å². The van der Waals surface area contributed by atoms with Crippen LogP contribution in [0.15, 0.2) is 36.4 Å². The normalized spacial score (nSPS) is 11.3. The molecule has 2 aromatic rings. The van der Waals surface area contributed by atoms with Crippen LogP contribution in [-0.4, -0.2) is 20.1 Å². The van der Waals surface area contributed by atoms with Crippen LogP contribution in [0, 0.1) is 31.1 Å². The molecule has 1 atom stereocenters. The summed E-state index contributed by atoms with van der Waals surface area (Å²) in [5.74, 6) is 0.112. The van der Waals surface area contributed by atoms with Crippen molar-refractivity contribution in [3.05, 3.63) is 53.1 Å². The highest BCUT2D eigenvalue weighted by atomic mass is 16.5. The number of ether oxygens (including phenoxy) is 2. The number of nitrogens with zero attached hydrogens (tertiary/aromatic N) is 1. The molecule has 2 rings (SSSR count). The fraction of sp³-hybridized carbons (Fsp3) is 0.300. The zero-order valence-electron chi connectivity index (χ0n) is 14.9. The van der Waals surface area contributed by atoms with Gasteiger partial charge in [0, 0.05) is 18.2 Å². The van der Waals surface area contributed by atoms with Gasteiger partial charge in [-0.25, -0.2) is 0 Å². The van der Waals surface area contributed by atoms with Crippen LogP contribution < -0.4 is 14.8 Å². The number of hydrogen-bond donors (Lipinski definition) is 1. The van der Waals surface area contributed by atoms with Gasteiger partial charge in [0.05, 0.1) is 20.3 Å². The molecule has 0 spiro atoms. The van der Waals surface area contributed by atoms with Crippen LogP contribution in [0.3, 0.4) is 0 Å². The third kappa shape index (κ3) is 4.74. The summed E-state index contributed by atoms with van der Waals surface area (Å²) in [5, 5.41) is 12.3. The van der Waals surface area contributed by atoms with Gasteiger partial charge in [0.15, 0.2) is 0 Å². The van der Waals surface area contributed by atoms with E-state index in [-0.39, 0.29) is 12.3 Å². The van der Waals surface area contributed by atoms with Gasteiger partial charge >= 0.3 is 0 Å². The van der Waals surface area contributed by atoms with Gasteiger partial charge in [-0.05, 0) is 48.7 Å². The summed E-state index contributed by atoms with van der Waals surface area (Å²) in [5.41, 5.74) is 3.59. The number of amides is 1. The molecule has 5 nitrogen and oxygen atoms in total. The van der Waals surface area contributed by atoms with Crippen molar-refractivity contribution in [1.29, 1.82) is 5.26 Å². The maximum Gasteiger partial charge on any atom is 0.242 e. The fourth-order valence-electron chi connectivity index (χ4n) is 2.71. The van der Waals surface area contributed by atoms with E-state index in [1.165, 1.54) is 0 Å². The average Bonchev–Trinajstić information content (AvgIpc) is 2.58. The largest absolute Gasteiger partial charge is 0.497 e. The van der Waals surface area contributed by atoms with Crippen LogP contribution in [0.2, 0.25) is 0 Å². The molecule has 1 N–H and O–H groups in total. The highest BCUT2D eigenvalue weighted by Crippen LogP contribution is 2.27. The third-order valence-electron chi connectivity index (χ3n) is 3.88. The molecular formula is C20H22N2O3. The Morgan fingerprint density at radius 3 is 2.36 bits per heavy atom. The maximum absolute atomic E-state index is 12.5. The zero-order valence-corrected chi connectivity index (χ0v) is 14.9. The van der Waals surface area contributed by atoms with Crippen molar-refractivity contribution in [1.82, 2.24) is 0 Å². The second kappa shape index (κ2) is 8.20. The van der Waals surface area contributed by atoms with Crippen molar-refractivity contribution in [2.75, 3.05) is 19.5 Å². The quantitative estimate of drug-likeness (QED) is 0.873. The van der Waals surface area contributed by atoms with Crippen LogP contribution in [-0.2, 0) is 11.2 Å². The summed E-state index contributed by atoms with van der Waals surface area (Å²) < 4.78 is 10.5. The number of carbonyl (C=O) groups excluding carboxylic acids is 1. The van der Waals surface area contributed by atoms with E-state index in [9.17, 15) is 10.1 Å². The van der Waals surface area contributed by atoms with E-state index >= 15 is 0 Å². The number of carbonyl (C=O) groups is 1. The summed E-state index contributed by atoms with van der Waals surface area (Å²) in [4.78, 5) is 12.5. The van der Waals surface area contributed by atoms with Crippen molar-refractivity contribution >= 4 is 11.6 Å². The zero-order chi connectivity index (χ0) is 18.4. The smallest absolute Gasteiger partial charge is 0.242 e. The number of nitrogens with one attached hydrogen (secondary N) is 1. The van der Waals surface area contributed by atoms with Crippen LogP contribution in [0.1, 0.15) is 16.7 Å². The van der Waals surface area contributed by atoms with Crippen LogP contribution in [0.5, 0.6) is 11.5 Å². The first kappa shape index (κ1) is 18.3. The highest BCUT2D eigenvalue weighted by Gasteiger charge is 2.21. The van der Waals surface area contributed by atoms with Gasteiger partial charge in [-0.15, -0.1) is 0 Å². The van der Waals surface area contributed by atoms with E-state index in [0.29, 0.717) is 17.2 Å². The Morgan fingerprint density at radius 2 is 1.80 bits per heavy atom. The summed E-state index contributed by atoms with van der Waals surface area (Å²) in [6, 6.07) is 13.2. The van der Waals surface area contributed by atoms with Gasteiger partial charge in [0.25, 0.3) is 0 Å². The standard InChI is InChI=1S/C20H22N2O3/c1-13-7-14(2)9-17(8-13)22-20(23)16(12-21)10-15-5-6-18(24-3)11-19(15)25-4/h5-9,11,16H,10H2,1-4H3,(H,22,23). The minimum absolute atomic E-state index is 0.264. The SMILES string of the molecule is COc1ccc(CC(C#N)C(=O)Nc2cc(C)cc(C)c2)c(OC)c1. The first-order valence-corrected chi connectivity index (χ1v) is 7.96. The van der Waals surface area contributed by atoms with E-state index in [0.717, 1.165) is 16.7 Å². The summed E-state index contributed by atoms with van der Waals surface area (Å²) in [6.45, 7) is 3.93. The summed E-state index contributed by atoms with van der Waals surface area (Å²) >= 11 is 0. The Labute approximate surface area is 148 Å². The average molecular weight is 338 g/mol. The molecule has 0 saturated carbocycles. The van der Waals surface area contributed by atoms with Crippen molar-refractivity contribution < 1.29 is 14.3 Å². The molecule has 1 unspecified atom stereocenters. The molecule has 130 valence electrons. The minimum atomic E-state index is -0.817. The number of nitriles is 1. The summed E-state index contributed by atoms with van der Waals surface area (Å²) in [6.07, 6.45) is 0.264. The fourth-order valence-corrected chi connectivity index (χ4v) is 2.71.